The molecule has 4 nitrogen and oxygen atoms in total. The van der Waals surface area contributed by atoms with E-state index in [2.05, 4.69) is 20.9 Å². The highest BCUT2D eigenvalue weighted by Gasteiger charge is 2.18. The second kappa shape index (κ2) is 5.71. The lowest BCUT2D eigenvalue weighted by molar-refractivity contribution is 0.0692. The Balaban J connectivity index is 2.54. The quantitative estimate of drug-likeness (QED) is 0.917. The van der Waals surface area contributed by atoms with Gasteiger partial charge in [0, 0.05) is 0 Å². The van der Waals surface area contributed by atoms with E-state index >= 15 is 0 Å². The Morgan fingerprint density at radius 1 is 1.53 bits per heavy atom. The van der Waals surface area contributed by atoms with Crippen molar-refractivity contribution >= 4 is 33.2 Å². The number of carboxylic acids is 1. The second-order valence-electron chi connectivity index (χ2n) is 3.79. The molecular weight excluding hydrogens is 330 g/mol. The molecule has 6 heteroatoms. The van der Waals surface area contributed by atoms with Gasteiger partial charge in [-0.05, 0) is 46.1 Å². The number of aromatic nitrogens is 1. The molecule has 0 amide bonds. The zero-order valence-corrected chi connectivity index (χ0v) is 12.8. The van der Waals surface area contributed by atoms with Gasteiger partial charge in [0.25, 0.3) is 0 Å². The number of aromatic carboxylic acids is 1. The number of hydrogen-bond donors (Lipinski definition) is 1. The van der Waals surface area contributed by atoms with E-state index in [-0.39, 0.29) is 5.69 Å². The fourth-order valence-electron chi connectivity index (χ4n) is 1.66. The Morgan fingerprint density at radius 2 is 2.26 bits per heavy atom. The minimum absolute atomic E-state index is 0.110. The first-order valence-electron chi connectivity index (χ1n) is 5.63. The van der Waals surface area contributed by atoms with Gasteiger partial charge in [0.2, 0.25) is 0 Å². The number of ether oxygens (including phenoxy) is 1. The van der Waals surface area contributed by atoms with Crippen molar-refractivity contribution in [3.63, 3.8) is 0 Å². The van der Waals surface area contributed by atoms with Crippen molar-refractivity contribution in [3.05, 3.63) is 33.4 Å². The number of methoxy groups -OCH3 is 1. The van der Waals surface area contributed by atoms with Crippen LogP contribution in [0.15, 0.2) is 22.7 Å². The van der Waals surface area contributed by atoms with Gasteiger partial charge in [-0.1, -0.05) is 6.92 Å². The monoisotopic (exact) mass is 341 g/mol. The van der Waals surface area contributed by atoms with E-state index in [4.69, 9.17) is 4.74 Å². The van der Waals surface area contributed by atoms with Gasteiger partial charge in [0.1, 0.15) is 5.75 Å². The van der Waals surface area contributed by atoms with E-state index in [0.717, 1.165) is 21.5 Å². The summed E-state index contributed by atoms with van der Waals surface area (Å²) in [5.74, 6) is -0.293. The predicted molar refractivity (Wildman–Crippen MR) is 78.1 cm³/mol. The Bertz CT molecular complexity index is 624. The lowest BCUT2D eigenvalue weighted by atomic mass is 10.1. The molecule has 0 radical (unpaired) electrons. The first-order valence-corrected chi connectivity index (χ1v) is 7.24. The third-order valence-electron chi connectivity index (χ3n) is 2.59. The Labute approximate surface area is 123 Å². The molecule has 0 fully saturated rings. The average Bonchev–Trinajstić information content (AvgIpc) is 2.83. The molecule has 0 aliphatic rings. The largest absolute Gasteiger partial charge is 0.496 e. The van der Waals surface area contributed by atoms with Crippen LogP contribution in [0.1, 0.15) is 22.4 Å². The summed E-state index contributed by atoms with van der Waals surface area (Å²) < 4.78 is 5.95. The molecule has 1 aromatic carbocycles. The molecule has 0 saturated heterocycles. The van der Waals surface area contributed by atoms with Crippen molar-refractivity contribution in [3.8, 4) is 16.2 Å². The van der Waals surface area contributed by atoms with E-state index in [1.54, 1.807) is 13.2 Å². The number of benzene rings is 1. The highest BCUT2D eigenvalue weighted by atomic mass is 79.9. The molecule has 2 aromatic rings. The van der Waals surface area contributed by atoms with Gasteiger partial charge in [0.05, 0.1) is 21.5 Å². The van der Waals surface area contributed by atoms with Gasteiger partial charge < -0.3 is 9.84 Å². The third-order valence-corrected chi connectivity index (χ3v) is 4.46. The summed E-state index contributed by atoms with van der Waals surface area (Å²) >= 11 is 4.81. The molecule has 100 valence electrons. The number of aryl methyl sites for hydroxylation is 1. The number of halogens is 1. The van der Waals surface area contributed by atoms with Gasteiger partial charge in [-0.15, -0.1) is 11.3 Å². The zero-order valence-electron chi connectivity index (χ0n) is 10.4. The van der Waals surface area contributed by atoms with Gasteiger partial charge in [-0.2, -0.15) is 0 Å². The Hall–Kier alpha value is -1.40. The van der Waals surface area contributed by atoms with Crippen LogP contribution >= 0.6 is 27.3 Å². The topological polar surface area (TPSA) is 59.4 Å². The molecule has 19 heavy (non-hydrogen) atoms. The summed E-state index contributed by atoms with van der Waals surface area (Å²) in [5, 5.41) is 10.0. The predicted octanol–water partition coefficient (Wildman–Crippen LogP) is 3.84. The van der Waals surface area contributed by atoms with Crippen LogP contribution in [-0.2, 0) is 6.42 Å². The fourth-order valence-corrected chi connectivity index (χ4v) is 3.20. The molecule has 0 saturated carbocycles. The zero-order chi connectivity index (χ0) is 14.0. The molecule has 0 atom stereocenters. The van der Waals surface area contributed by atoms with Crippen LogP contribution in [0.4, 0.5) is 0 Å². The maximum absolute atomic E-state index is 11.2. The molecule has 0 aliphatic heterocycles. The van der Waals surface area contributed by atoms with E-state index in [9.17, 15) is 9.90 Å². The van der Waals surface area contributed by atoms with Crippen LogP contribution in [0, 0.1) is 0 Å². The highest BCUT2D eigenvalue weighted by molar-refractivity contribution is 9.10. The normalized spacial score (nSPS) is 10.5. The minimum atomic E-state index is -1.00. The lowest BCUT2D eigenvalue weighted by Gasteiger charge is -2.05. The number of thiazole rings is 1. The summed E-state index contributed by atoms with van der Waals surface area (Å²) in [6, 6.07) is 5.48. The maximum Gasteiger partial charge on any atom is 0.356 e. The average molecular weight is 342 g/mol. The number of carbonyl (C=O) groups is 1. The SMILES string of the molecule is CCc1nc(C(=O)O)c(-c2ccc(OC)c(Br)c2)s1. The first kappa shape index (κ1) is 14.0. The first-order chi connectivity index (χ1) is 9.06. The van der Waals surface area contributed by atoms with Crippen LogP contribution in [0.2, 0.25) is 0 Å². The van der Waals surface area contributed by atoms with Crippen molar-refractivity contribution in [1.82, 2.24) is 4.98 Å². The minimum Gasteiger partial charge on any atom is -0.496 e. The van der Waals surface area contributed by atoms with Crippen LogP contribution in [0.5, 0.6) is 5.75 Å². The lowest BCUT2D eigenvalue weighted by Crippen LogP contribution is -1.99. The molecule has 2 rings (SSSR count). The van der Waals surface area contributed by atoms with Gasteiger partial charge >= 0.3 is 5.97 Å². The van der Waals surface area contributed by atoms with Crippen molar-refractivity contribution in [2.24, 2.45) is 0 Å². The molecule has 1 heterocycles. The van der Waals surface area contributed by atoms with Crippen molar-refractivity contribution in [2.45, 2.75) is 13.3 Å². The van der Waals surface area contributed by atoms with Crippen molar-refractivity contribution < 1.29 is 14.6 Å². The van der Waals surface area contributed by atoms with Crippen LogP contribution < -0.4 is 4.74 Å². The van der Waals surface area contributed by atoms with Gasteiger partial charge in [-0.3, -0.25) is 0 Å². The van der Waals surface area contributed by atoms with Crippen LogP contribution in [0.25, 0.3) is 10.4 Å². The van der Waals surface area contributed by atoms with E-state index < -0.39 is 5.97 Å². The summed E-state index contributed by atoms with van der Waals surface area (Å²) in [4.78, 5) is 16.1. The molecule has 1 N–H and O–H groups in total. The van der Waals surface area contributed by atoms with E-state index in [0.29, 0.717) is 10.6 Å². The number of hydrogen-bond acceptors (Lipinski definition) is 4. The number of nitrogens with zero attached hydrogens (tertiary/aromatic N) is 1. The summed E-state index contributed by atoms with van der Waals surface area (Å²) in [7, 11) is 1.59. The summed E-state index contributed by atoms with van der Waals surface area (Å²) in [6.07, 6.45) is 0.724. The van der Waals surface area contributed by atoms with E-state index in [1.807, 2.05) is 19.1 Å². The summed E-state index contributed by atoms with van der Waals surface area (Å²) in [6.45, 7) is 1.96. The van der Waals surface area contributed by atoms with Gasteiger partial charge in [0.15, 0.2) is 5.69 Å². The second-order valence-corrected chi connectivity index (χ2v) is 5.73. The van der Waals surface area contributed by atoms with Gasteiger partial charge in [-0.25, -0.2) is 9.78 Å². The molecule has 0 spiro atoms. The van der Waals surface area contributed by atoms with Crippen molar-refractivity contribution in [2.75, 3.05) is 7.11 Å². The smallest absolute Gasteiger partial charge is 0.356 e. The standard InChI is InChI=1S/C13H12BrNO3S/c1-3-10-15-11(13(16)17)12(19-10)7-4-5-9(18-2)8(14)6-7/h4-6H,3H2,1-2H3,(H,16,17). The Kier molecular flexibility index (Phi) is 4.21. The maximum atomic E-state index is 11.2. The van der Waals surface area contributed by atoms with E-state index in [1.165, 1.54) is 11.3 Å². The number of carboxylic acid groups (broad SMARTS) is 1. The molecular formula is C13H12BrNO3S. The molecule has 0 bridgehead atoms. The highest BCUT2D eigenvalue weighted by Crippen LogP contribution is 2.35. The fraction of sp³-hybridized carbons (Fsp3) is 0.231. The molecule has 1 aromatic heterocycles. The van der Waals surface area contributed by atoms with Crippen molar-refractivity contribution in [1.29, 1.82) is 0 Å². The van der Waals surface area contributed by atoms with Crippen LogP contribution in [0.3, 0.4) is 0 Å². The third kappa shape index (κ3) is 2.79. The number of rotatable bonds is 4. The molecule has 0 aliphatic carbocycles. The molecule has 0 unspecified atom stereocenters. The summed E-state index contributed by atoms with van der Waals surface area (Å²) in [5.41, 5.74) is 0.932. The Morgan fingerprint density at radius 3 is 2.79 bits per heavy atom. The van der Waals surface area contributed by atoms with Crippen LogP contribution in [-0.4, -0.2) is 23.2 Å².